The third-order valence-electron chi connectivity index (χ3n) is 4.62. The van der Waals surface area contributed by atoms with Crippen LogP contribution in [0.2, 0.25) is 0 Å². The van der Waals surface area contributed by atoms with Gasteiger partial charge in [-0.15, -0.1) is 0 Å². The van der Waals surface area contributed by atoms with E-state index in [4.69, 9.17) is 15.1 Å². The zero-order chi connectivity index (χ0) is 21.2. The highest BCUT2D eigenvalue weighted by atomic mass is 32.2. The summed E-state index contributed by atoms with van der Waals surface area (Å²) in [6.45, 7) is 0. The number of nitrogens with two attached hydrogens (primary N) is 1. The Bertz CT molecular complexity index is 1320. The van der Waals surface area contributed by atoms with Crippen LogP contribution in [0, 0.1) is 0 Å². The van der Waals surface area contributed by atoms with Crippen molar-refractivity contribution in [2.75, 3.05) is 11.7 Å². The molecule has 0 aliphatic heterocycles. The second-order valence-corrected chi connectivity index (χ2v) is 7.95. The minimum Gasteiger partial charge on any atom is -0.609 e. The summed E-state index contributed by atoms with van der Waals surface area (Å²) in [6.07, 6.45) is 3.35. The van der Waals surface area contributed by atoms with Crippen molar-refractivity contribution in [3.63, 3.8) is 0 Å². The van der Waals surface area contributed by atoms with Gasteiger partial charge in [-0.2, -0.15) is 0 Å². The van der Waals surface area contributed by atoms with Gasteiger partial charge in [-0.3, -0.25) is 9.55 Å². The Morgan fingerprint density at radius 3 is 2.58 bits per heavy atom. The maximum atomic E-state index is 12.4. The van der Waals surface area contributed by atoms with Gasteiger partial charge in [0.05, 0.1) is 11.7 Å². The third-order valence-corrected chi connectivity index (χ3v) is 5.75. The number of fused-ring (bicyclic) bond motifs is 1. The first kappa shape index (κ1) is 19.1. The van der Waals surface area contributed by atoms with Crippen LogP contribution in [0.15, 0.2) is 82.6 Å². The average Bonchev–Trinajstić information content (AvgIpc) is 3.41. The molecule has 1 unspecified atom stereocenters. The summed E-state index contributed by atoms with van der Waals surface area (Å²) in [7, 11) is 0. The molecule has 0 amide bonds. The molecule has 31 heavy (non-hydrogen) atoms. The highest BCUT2D eigenvalue weighted by Crippen LogP contribution is 2.30. The van der Waals surface area contributed by atoms with Gasteiger partial charge in [0, 0.05) is 23.1 Å². The second kappa shape index (κ2) is 8.09. The van der Waals surface area contributed by atoms with Crippen molar-refractivity contribution in [3.8, 4) is 23.0 Å². The van der Waals surface area contributed by atoms with E-state index in [0.717, 1.165) is 16.1 Å². The van der Waals surface area contributed by atoms with E-state index < -0.39 is 11.2 Å². The number of hydrogen-bond donors (Lipinski definition) is 1. The molecule has 154 valence electrons. The Balaban J connectivity index is 1.44. The summed E-state index contributed by atoms with van der Waals surface area (Å²) >= 11 is -1.25. The van der Waals surface area contributed by atoms with Crippen LogP contribution in [-0.2, 0) is 11.2 Å². The number of nitrogen functional groups attached to an aromatic ring is 1. The van der Waals surface area contributed by atoms with Crippen LogP contribution in [0.1, 0.15) is 0 Å². The monoisotopic (exact) mass is 432 g/mol. The highest BCUT2D eigenvalue weighted by Gasteiger charge is 2.20. The minimum atomic E-state index is -1.25. The summed E-state index contributed by atoms with van der Waals surface area (Å²) in [6, 6.07) is 18.4. The van der Waals surface area contributed by atoms with Gasteiger partial charge in [0.1, 0.15) is 11.3 Å². The lowest BCUT2D eigenvalue weighted by Crippen LogP contribution is -2.12. The summed E-state index contributed by atoms with van der Waals surface area (Å²) < 4.78 is 24.7. The predicted octanol–water partition coefficient (Wildman–Crippen LogP) is 3.20. The lowest BCUT2D eigenvalue weighted by molar-refractivity contribution is 0.310. The van der Waals surface area contributed by atoms with Gasteiger partial charge < -0.3 is 15.0 Å². The van der Waals surface area contributed by atoms with E-state index in [2.05, 4.69) is 20.3 Å². The van der Waals surface area contributed by atoms with E-state index in [1.165, 1.54) is 0 Å². The molecule has 0 saturated heterocycles. The fourth-order valence-electron chi connectivity index (χ4n) is 3.16. The minimum absolute atomic E-state index is 0.0649. The molecular formula is C21H16N6O3S. The van der Waals surface area contributed by atoms with Gasteiger partial charge in [-0.1, -0.05) is 18.2 Å². The second-order valence-electron chi connectivity index (χ2n) is 6.55. The number of hydrogen-bond acceptors (Lipinski definition) is 8. The van der Waals surface area contributed by atoms with Gasteiger partial charge in [0.15, 0.2) is 22.2 Å². The number of benzene rings is 2. The van der Waals surface area contributed by atoms with Crippen molar-refractivity contribution < 1.29 is 13.9 Å². The van der Waals surface area contributed by atoms with Crippen molar-refractivity contribution in [1.82, 2.24) is 24.8 Å². The van der Waals surface area contributed by atoms with Crippen LogP contribution < -0.4 is 10.5 Å². The lowest BCUT2D eigenvalue weighted by atomic mass is 10.2. The van der Waals surface area contributed by atoms with Gasteiger partial charge in [-0.25, -0.2) is 9.61 Å². The summed E-state index contributed by atoms with van der Waals surface area (Å²) in [4.78, 5) is 9.45. The number of aromatic nitrogens is 5. The molecule has 1 atom stereocenters. The average molecular weight is 432 g/mol. The van der Waals surface area contributed by atoms with Crippen molar-refractivity contribution in [3.05, 3.63) is 73.1 Å². The molecule has 3 heterocycles. The molecule has 0 fully saturated rings. The van der Waals surface area contributed by atoms with Crippen LogP contribution in [-0.4, -0.2) is 35.3 Å². The summed E-state index contributed by atoms with van der Waals surface area (Å²) in [5.41, 5.74) is 8.55. The molecule has 3 aromatic heterocycles. The molecule has 5 aromatic rings. The molecule has 0 spiro atoms. The van der Waals surface area contributed by atoms with Crippen molar-refractivity contribution in [2.45, 2.75) is 4.90 Å². The number of pyridine rings is 1. The molecule has 0 saturated carbocycles. The predicted molar refractivity (Wildman–Crippen MR) is 115 cm³/mol. The maximum absolute atomic E-state index is 12.4. The van der Waals surface area contributed by atoms with Crippen molar-refractivity contribution >= 4 is 28.0 Å². The van der Waals surface area contributed by atoms with E-state index in [1.807, 2.05) is 53.1 Å². The van der Waals surface area contributed by atoms with Crippen molar-refractivity contribution in [2.24, 2.45) is 0 Å². The largest absolute Gasteiger partial charge is 0.609 e. The number of anilines is 1. The first-order valence-corrected chi connectivity index (χ1v) is 10.6. The van der Waals surface area contributed by atoms with E-state index in [0.29, 0.717) is 22.8 Å². The molecule has 0 aliphatic carbocycles. The molecule has 10 heteroatoms. The Morgan fingerprint density at radius 2 is 1.84 bits per heavy atom. The first-order valence-electron chi connectivity index (χ1n) is 9.28. The van der Waals surface area contributed by atoms with E-state index >= 15 is 0 Å². The van der Waals surface area contributed by atoms with Crippen molar-refractivity contribution in [1.29, 1.82) is 0 Å². The Morgan fingerprint density at radius 1 is 1.03 bits per heavy atom. The molecule has 5 rings (SSSR count). The molecule has 9 nitrogen and oxygen atoms in total. The summed E-state index contributed by atoms with van der Waals surface area (Å²) in [5.74, 6) is 1.30. The van der Waals surface area contributed by atoms with Gasteiger partial charge in [0.2, 0.25) is 5.94 Å². The van der Waals surface area contributed by atoms with E-state index in [9.17, 15) is 4.55 Å². The van der Waals surface area contributed by atoms with E-state index in [1.54, 1.807) is 24.5 Å². The standard InChI is InChI=1S/C21H16N6O3S/c22-20-19(25-30-26-20)21-24-17-12-23-11-10-18(17)27(21)14-6-8-15(9-7-14)29-13-31(28)16-4-2-1-3-5-16/h1-12H,13H2,(H2,22,26). The number of imidazole rings is 1. The Labute approximate surface area is 179 Å². The van der Waals surface area contributed by atoms with Crippen LogP contribution >= 0.6 is 0 Å². The smallest absolute Gasteiger partial charge is 0.250 e. The highest BCUT2D eigenvalue weighted by molar-refractivity contribution is 7.91. The molecule has 0 aliphatic rings. The molecule has 0 radical (unpaired) electrons. The fraction of sp³-hybridized carbons (Fsp3) is 0.0476. The van der Waals surface area contributed by atoms with Gasteiger partial charge in [-0.05, 0) is 52.8 Å². The SMILES string of the molecule is Nc1nonc1-c1nc2cnccc2n1-c1ccc(OC[S+]([O-])c2ccccc2)cc1. The Hall–Kier alpha value is -3.89. The van der Waals surface area contributed by atoms with Gasteiger partial charge >= 0.3 is 0 Å². The Kier molecular flexibility index (Phi) is 4.98. The van der Waals surface area contributed by atoms with E-state index in [-0.39, 0.29) is 11.8 Å². The normalized spacial score (nSPS) is 12.2. The van der Waals surface area contributed by atoms with Crippen LogP contribution in [0.5, 0.6) is 5.75 Å². The molecule has 2 aromatic carbocycles. The maximum Gasteiger partial charge on any atom is 0.250 e. The van der Waals surface area contributed by atoms with Crippen LogP contribution in [0.4, 0.5) is 5.82 Å². The van der Waals surface area contributed by atoms with Gasteiger partial charge in [0.25, 0.3) is 0 Å². The summed E-state index contributed by atoms with van der Waals surface area (Å²) in [5, 5.41) is 7.54. The molecule has 0 bridgehead atoms. The lowest BCUT2D eigenvalue weighted by Gasteiger charge is -2.12. The van der Waals surface area contributed by atoms with Crippen LogP contribution in [0.3, 0.4) is 0 Å². The molecule has 2 N–H and O–H groups in total. The number of rotatable bonds is 6. The third kappa shape index (κ3) is 3.69. The quantitative estimate of drug-likeness (QED) is 0.405. The zero-order valence-corrected chi connectivity index (χ0v) is 16.9. The number of nitrogens with zero attached hydrogens (tertiary/aromatic N) is 5. The topological polar surface area (TPSA) is 128 Å². The molecular weight excluding hydrogens is 416 g/mol. The zero-order valence-electron chi connectivity index (χ0n) is 16.1. The fourth-order valence-corrected chi connectivity index (χ4v) is 4.00. The first-order chi connectivity index (χ1) is 15.2. The van der Waals surface area contributed by atoms with Crippen LogP contribution in [0.25, 0.3) is 28.2 Å². The number of ether oxygens (including phenoxy) is 1.